The molecule has 1 rings (SSSR count). The molecule has 1 N–H and O–H groups in total. The Balaban J connectivity index is 2.71. The minimum absolute atomic E-state index is 0.181. The van der Waals surface area contributed by atoms with Crippen molar-refractivity contribution < 1.29 is 18.9 Å². The molecule has 0 aromatic heterocycles. The Hall–Kier alpha value is -0.820. The van der Waals surface area contributed by atoms with E-state index in [0.29, 0.717) is 18.1 Å². The molecule has 0 saturated heterocycles. The second-order valence-electron chi connectivity index (χ2n) is 3.83. The molecular formula is C13H20BrNO4. The largest absolute Gasteiger partial charge is 0.493 e. The molecule has 0 atom stereocenters. The maximum Gasteiger partial charge on any atom is 0.188 e. The highest BCUT2D eigenvalue weighted by molar-refractivity contribution is 9.10. The van der Waals surface area contributed by atoms with Crippen LogP contribution in [0.3, 0.4) is 0 Å². The van der Waals surface area contributed by atoms with Crippen molar-refractivity contribution in [2.24, 2.45) is 0 Å². The minimum atomic E-state index is 0.181. The van der Waals surface area contributed by atoms with E-state index in [2.05, 4.69) is 21.2 Å². The predicted molar refractivity (Wildman–Crippen MR) is 76.8 cm³/mol. The van der Waals surface area contributed by atoms with Crippen LogP contribution in [0.2, 0.25) is 0 Å². The van der Waals surface area contributed by atoms with Gasteiger partial charge in [-0.05, 0) is 33.6 Å². The van der Waals surface area contributed by atoms with Gasteiger partial charge in [0.25, 0.3) is 0 Å². The first-order valence-corrected chi connectivity index (χ1v) is 6.70. The lowest BCUT2D eigenvalue weighted by molar-refractivity contribution is 0.0486. The average molecular weight is 334 g/mol. The fraction of sp³-hybridized carbons (Fsp3) is 0.538. The van der Waals surface area contributed by atoms with E-state index in [-0.39, 0.29) is 6.79 Å². The summed E-state index contributed by atoms with van der Waals surface area (Å²) in [6, 6.07) is 3.93. The molecule has 0 amide bonds. The zero-order valence-electron chi connectivity index (χ0n) is 11.5. The van der Waals surface area contributed by atoms with Gasteiger partial charge in [0.05, 0.1) is 18.2 Å². The number of ether oxygens (including phenoxy) is 4. The number of rotatable bonds is 9. The van der Waals surface area contributed by atoms with Gasteiger partial charge < -0.3 is 24.3 Å². The molecule has 0 radical (unpaired) electrons. The summed E-state index contributed by atoms with van der Waals surface area (Å²) < 4.78 is 21.5. The maximum absolute atomic E-state index is 5.47. The van der Waals surface area contributed by atoms with Crippen LogP contribution in [-0.2, 0) is 16.0 Å². The highest BCUT2D eigenvalue weighted by Gasteiger charge is 2.11. The van der Waals surface area contributed by atoms with E-state index in [1.54, 1.807) is 21.3 Å². The highest BCUT2D eigenvalue weighted by Crippen LogP contribution is 2.36. The van der Waals surface area contributed by atoms with Crippen LogP contribution in [0.4, 0.5) is 0 Å². The van der Waals surface area contributed by atoms with Gasteiger partial charge in [-0.2, -0.15) is 0 Å². The molecule has 19 heavy (non-hydrogen) atoms. The van der Waals surface area contributed by atoms with Crippen molar-refractivity contribution >= 4 is 15.9 Å². The summed E-state index contributed by atoms with van der Waals surface area (Å²) in [5, 5.41) is 3.28. The van der Waals surface area contributed by atoms with E-state index in [4.69, 9.17) is 18.9 Å². The standard InChI is InChI=1S/C13H20BrNO4/c1-16-5-4-15-8-10-6-11(14)13(19-9-17-2)12(7-10)18-3/h6-7,15H,4-5,8-9H2,1-3H3. The van der Waals surface area contributed by atoms with Gasteiger partial charge in [0.2, 0.25) is 0 Å². The lowest BCUT2D eigenvalue weighted by atomic mass is 10.2. The van der Waals surface area contributed by atoms with E-state index in [9.17, 15) is 0 Å². The molecule has 0 saturated carbocycles. The Morgan fingerprint density at radius 2 is 1.95 bits per heavy atom. The molecule has 0 fully saturated rings. The van der Waals surface area contributed by atoms with Gasteiger partial charge in [0.15, 0.2) is 18.3 Å². The van der Waals surface area contributed by atoms with Crippen molar-refractivity contribution in [3.8, 4) is 11.5 Å². The van der Waals surface area contributed by atoms with E-state index in [1.807, 2.05) is 12.1 Å². The van der Waals surface area contributed by atoms with Crippen LogP contribution in [-0.4, -0.2) is 41.3 Å². The first-order valence-electron chi connectivity index (χ1n) is 5.90. The molecule has 6 heteroatoms. The zero-order chi connectivity index (χ0) is 14.1. The normalized spacial score (nSPS) is 10.5. The fourth-order valence-corrected chi connectivity index (χ4v) is 2.14. The Bertz CT molecular complexity index is 387. The molecule has 5 nitrogen and oxygen atoms in total. The van der Waals surface area contributed by atoms with Crippen LogP contribution in [0.5, 0.6) is 11.5 Å². The summed E-state index contributed by atoms with van der Waals surface area (Å²) in [5.74, 6) is 1.32. The first kappa shape index (κ1) is 16.2. The Kier molecular flexibility index (Phi) is 7.81. The third-order valence-corrected chi connectivity index (χ3v) is 3.01. The summed E-state index contributed by atoms with van der Waals surface area (Å²) >= 11 is 3.48. The van der Waals surface area contributed by atoms with Gasteiger partial charge in [0.1, 0.15) is 0 Å². The van der Waals surface area contributed by atoms with Gasteiger partial charge in [-0.1, -0.05) is 0 Å². The summed E-state index contributed by atoms with van der Waals surface area (Å²) in [6.07, 6.45) is 0. The summed E-state index contributed by atoms with van der Waals surface area (Å²) in [6.45, 7) is 2.41. The van der Waals surface area contributed by atoms with E-state index in [1.165, 1.54) is 0 Å². The van der Waals surface area contributed by atoms with Crippen LogP contribution in [0, 0.1) is 0 Å². The van der Waals surface area contributed by atoms with Gasteiger partial charge in [-0.15, -0.1) is 0 Å². The minimum Gasteiger partial charge on any atom is -0.493 e. The Labute approximate surface area is 122 Å². The van der Waals surface area contributed by atoms with Gasteiger partial charge >= 0.3 is 0 Å². The monoisotopic (exact) mass is 333 g/mol. The van der Waals surface area contributed by atoms with Crippen LogP contribution >= 0.6 is 15.9 Å². The van der Waals surface area contributed by atoms with Crippen LogP contribution in [0.1, 0.15) is 5.56 Å². The lowest BCUT2D eigenvalue weighted by Crippen LogP contribution is -2.18. The third kappa shape index (κ3) is 5.36. The van der Waals surface area contributed by atoms with Crippen LogP contribution < -0.4 is 14.8 Å². The van der Waals surface area contributed by atoms with Crippen molar-refractivity contribution in [2.45, 2.75) is 6.54 Å². The van der Waals surface area contributed by atoms with E-state index >= 15 is 0 Å². The number of methoxy groups -OCH3 is 3. The Morgan fingerprint density at radius 1 is 1.16 bits per heavy atom. The molecule has 108 valence electrons. The number of hydrogen-bond donors (Lipinski definition) is 1. The van der Waals surface area contributed by atoms with Crippen molar-refractivity contribution in [1.82, 2.24) is 5.32 Å². The summed E-state index contributed by atoms with van der Waals surface area (Å²) in [7, 11) is 4.88. The van der Waals surface area contributed by atoms with Crippen molar-refractivity contribution in [1.29, 1.82) is 0 Å². The SMILES string of the molecule is COCCNCc1cc(Br)c(OCOC)c(OC)c1. The number of benzene rings is 1. The molecular weight excluding hydrogens is 314 g/mol. The van der Waals surface area contributed by atoms with Crippen LogP contribution in [0.25, 0.3) is 0 Å². The molecule has 0 aliphatic rings. The fourth-order valence-electron chi connectivity index (χ4n) is 1.54. The topological polar surface area (TPSA) is 49.0 Å². The quantitative estimate of drug-likeness (QED) is 0.554. The summed E-state index contributed by atoms with van der Waals surface area (Å²) in [4.78, 5) is 0. The molecule has 0 bridgehead atoms. The smallest absolute Gasteiger partial charge is 0.188 e. The Morgan fingerprint density at radius 3 is 2.58 bits per heavy atom. The highest BCUT2D eigenvalue weighted by atomic mass is 79.9. The van der Waals surface area contributed by atoms with E-state index in [0.717, 1.165) is 23.1 Å². The molecule has 0 aliphatic carbocycles. The van der Waals surface area contributed by atoms with Gasteiger partial charge in [0, 0.05) is 27.3 Å². The second kappa shape index (κ2) is 9.14. The van der Waals surface area contributed by atoms with Crippen molar-refractivity contribution in [3.63, 3.8) is 0 Å². The van der Waals surface area contributed by atoms with Crippen molar-refractivity contribution in [2.75, 3.05) is 41.3 Å². The number of halogens is 1. The van der Waals surface area contributed by atoms with E-state index < -0.39 is 0 Å². The molecule has 0 aliphatic heterocycles. The summed E-state index contributed by atoms with van der Waals surface area (Å²) in [5.41, 5.74) is 1.10. The molecule has 1 aromatic rings. The molecule has 0 heterocycles. The number of nitrogens with one attached hydrogen (secondary N) is 1. The van der Waals surface area contributed by atoms with Gasteiger partial charge in [-0.25, -0.2) is 0 Å². The maximum atomic E-state index is 5.47. The molecule has 0 unspecified atom stereocenters. The van der Waals surface area contributed by atoms with Gasteiger partial charge in [-0.3, -0.25) is 0 Å². The van der Waals surface area contributed by atoms with Crippen molar-refractivity contribution in [3.05, 3.63) is 22.2 Å². The average Bonchev–Trinajstić information content (AvgIpc) is 2.42. The third-order valence-electron chi connectivity index (χ3n) is 2.42. The first-order chi connectivity index (χ1) is 9.22. The van der Waals surface area contributed by atoms with Crippen LogP contribution in [0.15, 0.2) is 16.6 Å². The lowest BCUT2D eigenvalue weighted by Gasteiger charge is -2.14. The number of hydrogen-bond acceptors (Lipinski definition) is 5. The zero-order valence-corrected chi connectivity index (χ0v) is 13.1. The molecule has 1 aromatic carbocycles. The second-order valence-corrected chi connectivity index (χ2v) is 4.68. The predicted octanol–water partition coefficient (Wildman–Crippen LogP) is 2.18. The molecule has 0 spiro atoms.